The van der Waals surface area contributed by atoms with Crippen LogP contribution in [0.4, 0.5) is 0 Å². The topological polar surface area (TPSA) is 92.4 Å². The van der Waals surface area contributed by atoms with Crippen LogP contribution in [0.1, 0.15) is 26.7 Å². The lowest BCUT2D eigenvalue weighted by atomic mass is 10.1. The van der Waals surface area contributed by atoms with Gasteiger partial charge in [-0.25, -0.2) is 0 Å². The zero-order chi connectivity index (χ0) is 11.1. The molecule has 4 N–H and O–H groups in total. The number of aliphatic hydroxyl groups is 1. The van der Waals surface area contributed by atoms with Crippen LogP contribution in [-0.4, -0.2) is 29.6 Å². The molecule has 2 amide bonds. The predicted molar refractivity (Wildman–Crippen MR) is 52.3 cm³/mol. The van der Waals surface area contributed by atoms with E-state index in [1.54, 1.807) is 13.8 Å². The van der Waals surface area contributed by atoms with Crippen LogP contribution in [0.5, 0.6) is 0 Å². The first kappa shape index (κ1) is 12.9. The average Bonchev–Trinajstić information content (AvgIpc) is 2.13. The Labute approximate surface area is 83.7 Å². The quantitative estimate of drug-likeness (QED) is 0.536. The van der Waals surface area contributed by atoms with Crippen molar-refractivity contribution in [2.45, 2.75) is 32.7 Å². The maximum atomic E-state index is 11.3. The van der Waals surface area contributed by atoms with Gasteiger partial charge in [-0.2, -0.15) is 0 Å². The summed E-state index contributed by atoms with van der Waals surface area (Å²) in [7, 11) is 0. The van der Waals surface area contributed by atoms with Gasteiger partial charge in [-0.15, -0.1) is 0 Å². The van der Waals surface area contributed by atoms with E-state index < -0.39 is 11.9 Å². The third-order valence-electron chi connectivity index (χ3n) is 1.93. The second-order valence-electron chi connectivity index (χ2n) is 3.42. The molecule has 0 saturated carbocycles. The van der Waals surface area contributed by atoms with Gasteiger partial charge in [-0.1, -0.05) is 13.8 Å². The molecule has 0 aromatic carbocycles. The molecule has 0 radical (unpaired) electrons. The summed E-state index contributed by atoms with van der Waals surface area (Å²) >= 11 is 0. The van der Waals surface area contributed by atoms with Gasteiger partial charge in [0.25, 0.3) is 0 Å². The van der Waals surface area contributed by atoms with Crippen LogP contribution < -0.4 is 11.1 Å². The van der Waals surface area contributed by atoms with Gasteiger partial charge in [0.15, 0.2) is 0 Å². The molecule has 0 saturated heterocycles. The molecule has 5 heteroatoms. The molecule has 0 spiro atoms. The minimum absolute atomic E-state index is 0.0409. The van der Waals surface area contributed by atoms with E-state index in [2.05, 4.69) is 5.32 Å². The molecule has 82 valence electrons. The minimum Gasteiger partial charge on any atom is -0.396 e. The lowest BCUT2D eigenvalue weighted by Crippen LogP contribution is -2.44. The van der Waals surface area contributed by atoms with Crippen molar-refractivity contribution in [2.75, 3.05) is 6.61 Å². The predicted octanol–water partition coefficient (Wildman–Crippen LogP) is -0.615. The molecule has 1 unspecified atom stereocenters. The van der Waals surface area contributed by atoms with Crippen molar-refractivity contribution in [3.05, 3.63) is 0 Å². The molecule has 0 heterocycles. The van der Waals surface area contributed by atoms with Crippen LogP contribution in [0.2, 0.25) is 0 Å². The highest BCUT2D eigenvalue weighted by atomic mass is 16.3. The number of aliphatic hydroxyl groups excluding tert-OH is 1. The Morgan fingerprint density at radius 3 is 2.43 bits per heavy atom. The summed E-state index contributed by atoms with van der Waals surface area (Å²) in [4.78, 5) is 22.0. The molecule has 0 fully saturated rings. The van der Waals surface area contributed by atoms with E-state index in [0.717, 1.165) is 0 Å². The van der Waals surface area contributed by atoms with E-state index in [-0.39, 0.29) is 24.9 Å². The van der Waals surface area contributed by atoms with Crippen molar-refractivity contribution in [3.63, 3.8) is 0 Å². The normalized spacial score (nSPS) is 14.5. The van der Waals surface area contributed by atoms with Crippen molar-refractivity contribution in [2.24, 2.45) is 11.7 Å². The van der Waals surface area contributed by atoms with Crippen molar-refractivity contribution >= 4 is 11.8 Å². The first-order valence-corrected chi connectivity index (χ1v) is 4.70. The van der Waals surface area contributed by atoms with Crippen LogP contribution in [-0.2, 0) is 9.59 Å². The van der Waals surface area contributed by atoms with Crippen molar-refractivity contribution in [1.29, 1.82) is 0 Å². The Balaban J connectivity index is 3.97. The number of hydrogen-bond acceptors (Lipinski definition) is 3. The van der Waals surface area contributed by atoms with Crippen molar-refractivity contribution < 1.29 is 14.7 Å². The van der Waals surface area contributed by atoms with E-state index in [9.17, 15) is 9.59 Å². The smallest absolute Gasteiger partial charge is 0.239 e. The molecule has 0 rings (SSSR count). The molecular weight excluding hydrogens is 184 g/mol. The van der Waals surface area contributed by atoms with E-state index in [1.807, 2.05) is 0 Å². The number of primary amides is 1. The van der Waals surface area contributed by atoms with Gasteiger partial charge in [0, 0.05) is 13.0 Å². The zero-order valence-corrected chi connectivity index (χ0v) is 8.62. The van der Waals surface area contributed by atoms with Crippen LogP contribution in [0.3, 0.4) is 0 Å². The highest BCUT2D eigenvalue weighted by Gasteiger charge is 2.16. The largest absolute Gasteiger partial charge is 0.396 e. The summed E-state index contributed by atoms with van der Waals surface area (Å²) in [6.45, 7) is 3.48. The number of hydrogen-bond donors (Lipinski definition) is 3. The minimum atomic E-state index is -0.603. The van der Waals surface area contributed by atoms with Gasteiger partial charge < -0.3 is 16.2 Å². The molecule has 0 aliphatic carbocycles. The summed E-state index contributed by atoms with van der Waals surface area (Å²) in [6.07, 6.45) is 0.689. The Hall–Kier alpha value is -1.10. The Bertz CT molecular complexity index is 206. The first-order valence-electron chi connectivity index (χ1n) is 4.70. The van der Waals surface area contributed by atoms with Crippen LogP contribution in [0, 0.1) is 5.92 Å². The lowest BCUT2D eigenvalue weighted by molar-refractivity contribution is -0.128. The van der Waals surface area contributed by atoms with Crippen LogP contribution >= 0.6 is 0 Å². The Morgan fingerprint density at radius 2 is 2.07 bits per heavy atom. The summed E-state index contributed by atoms with van der Waals surface area (Å²) in [5, 5.41) is 11.2. The molecule has 0 aliphatic heterocycles. The average molecular weight is 202 g/mol. The third kappa shape index (κ3) is 4.81. The van der Waals surface area contributed by atoms with E-state index in [4.69, 9.17) is 10.8 Å². The SMILES string of the molecule is CCC(NC(=O)C[C@@H](C)CO)C(N)=O. The second-order valence-corrected chi connectivity index (χ2v) is 3.42. The molecule has 5 nitrogen and oxygen atoms in total. The fourth-order valence-electron chi connectivity index (χ4n) is 1.01. The molecule has 0 aromatic heterocycles. The standard InChI is InChI=1S/C9H18N2O3/c1-3-7(9(10)14)11-8(13)4-6(2)5-12/h6-7,12H,3-5H2,1-2H3,(H2,10,14)(H,11,13)/t6-,7?/m1/s1. The summed E-state index contributed by atoms with van der Waals surface area (Å²) in [6, 6.07) is -0.603. The van der Waals surface area contributed by atoms with E-state index in [1.165, 1.54) is 0 Å². The van der Waals surface area contributed by atoms with Crippen LogP contribution in [0.15, 0.2) is 0 Å². The number of nitrogens with one attached hydrogen (secondary N) is 1. The fourth-order valence-corrected chi connectivity index (χ4v) is 1.01. The van der Waals surface area contributed by atoms with E-state index >= 15 is 0 Å². The number of nitrogens with two attached hydrogens (primary N) is 1. The Kier molecular flexibility index (Phi) is 5.87. The van der Waals surface area contributed by atoms with E-state index in [0.29, 0.717) is 6.42 Å². The fraction of sp³-hybridized carbons (Fsp3) is 0.778. The number of carbonyl (C=O) groups is 2. The first-order chi connectivity index (χ1) is 6.51. The Morgan fingerprint density at radius 1 is 1.50 bits per heavy atom. The van der Waals surface area contributed by atoms with Gasteiger partial charge in [0.2, 0.25) is 11.8 Å². The monoisotopic (exact) mass is 202 g/mol. The molecule has 14 heavy (non-hydrogen) atoms. The highest BCUT2D eigenvalue weighted by molar-refractivity contribution is 5.86. The molecule has 0 aliphatic rings. The van der Waals surface area contributed by atoms with Crippen molar-refractivity contribution in [1.82, 2.24) is 5.32 Å². The van der Waals surface area contributed by atoms with Gasteiger partial charge >= 0.3 is 0 Å². The second kappa shape index (κ2) is 6.37. The number of rotatable bonds is 6. The van der Waals surface area contributed by atoms with Gasteiger partial charge in [0.05, 0.1) is 0 Å². The highest BCUT2D eigenvalue weighted by Crippen LogP contribution is 2.00. The summed E-state index contributed by atoms with van der Waals surface area (Å²) in [5.41, 5.74) is 5.06. The summed E-state index contributed by atoms with van der Waals surface area (Å²) < 4.78 is 0. The third-order valence-corrected chi connectivity index (χ3v) is 1.93. The van der Waals surface area contributed by atoms with Crippen LogP contribution in [0.25, 0.3) is 0 Å². The van der Waals surface area contributed by atoms with Gasteiger partial charge in [0.1, 0.15) is 6.04 Å². The van der Waals surface area contributed by atoms with Gasteiger partial charge in [-0.05, 0) is 12.3 Å². The molecule has 0 bridgehead atoms. The lowest BCUT2D eigenvalue weighted by Gasteiger charge is -2.14. The molecular formula is C9H18N2O3. The molecule has 0 aromatic rings. The number of amides is 2. The van der Waals surface area contributed by atoms with Crippen molar-refractivity contribution in [3.8, 4) is 0 Å². The summed E-state index contributed by atoms with van der Waals surface area (Å²) in [5.74, 6) is -0.880. The number of carbonyl (C=O) groups excluding carboxylic acids is 2. The molecule has 2 atom stereocenters. The van der Waals surface area contributed by atoms with Gasteiger partial charge in [-0.3, -0.25) is 9.59 Å². The zero-order valence-electron chi connectivity index (χ0n) is 8.62. The maximum absolute atomic E-state index is 11.3. The maximum Gasteiger partial charge on any atom is 0.239 e.